The van der Waals surface area contributed by atoms with Crippen molar-refractivity contribution in [3.8, 4) is 0 Å². The number of anilines is 1. The van der Waals surface area contributed by atoms with E-state index >= 15 is 0 Å². The number of hydrogen-bond acceptors (Lipinski definition) is 4. The number of carbonyl (C=O) groups is 2. The van der Waals surface area contributed by atoms with E-state index in [1.54, 1.807) is 41.2 Å². The van der Waals surface area contributed by atoms with Crippen molar-refractivity contribution in [3.05, 3.63) is 60.9 Å². The third-order valence-corrected chi connectivity index (χ3v) is 4.61. The number of piperidine rings is 1. The summed E-state index contributed by atoms with van der Waals surface area (Å²) in [6.07, 6.45) is 6.48. The molecule has 2 heterocycles. The summed E-state index contributed by atoms with van der Waals surface area (Å²) in [5.74, 6) is -0.263. The van der Waals surface area contributed by atoms with E-state index in [9.17, 15) is 9.59 Å². The van der Waals surface area contributed by atoms with Crippen LogP contribution in [0.1, 0.15) is 23.2 Å². The van der Waals surface area contributed by atoms with Crippen LogP contribution in [0.2, 0.25) is 0 Å². The quantitative estimate of drug-likeness (QED) is 0.659. The van der Waals surface area contributed by atoms with Crippen molar-refractivity contribution in [3.63, 3.8) is 0 Å². The lowest BCUT2D eigenvalue weighted by molar-refractivity contribution is -0.126. The standard InChI is InChI=1S/C19H23N5O2.ClH/c1-2-10-21-17(25)15-4-6-16(7-5-15)23-18(26)19(8-12-20-13-9-19)24-14-3-11-22-24;/h2-7,11,14,20H,1,8-10,12-13H2,(H,21,25)(H,23,26);1H. The van der Waals surface area contributed by atoms with Gasteiger partial charge in [-0.25, -0.2) is 0 Å². The van der Waals surface area contributed by atoms with Crippen LogP contribution in [0.3, 0.4) is 0 Å². The van der Waals surface area contributed by atoms with E-state index in [0.717, 1.165) is 13.1 Å². The molecule has 2 amide bonds. The highest BCUT2D eigenvalue weighted by Gasteiger charge is 2.42. The Balaban J connectivity index is 0.00000261. The topological polar surface area (TPSA) is 88.1 Å². The number of rotatable bonds is 6. The molecular weight excluding hydrogens is 366 g/mol. The van der Waals surface area contributed by atoms with Crippen LogP contribution in [0.15, 0.2) is 55.4 Å². The summed E-state index contributed by atoms with van der Waals surface area (Å²) in [6, 6.07) is 8.68. The Morgan fingerprint density at radius 1 is 1.26 bits per heavy atom. The Bertz CT molecular complexity index is 768. The van der Waals surface area contributed by atoms with Gasteiger partial charge in [-0.05, 0) is 56.3 Å². The second kappa shape index (κ2) is 9.34. The molecule has 8 heteroatoms. The Morgan fingerprint density at radius 3 is 2.56 bits per heavy atom. The van der Waals surface area contributed by atoms with Gasteiger partial charge in [0, 0.05) is 30.2 Å². The average Bonchev–Trinajstić information content (AvgIpc) is 3.22. The zero-order valence-corrected chi connectivity index (χ0v) is 15.8. The normalized spacial score (nSPS) is 15.3. The second-order valence-corrected chi connectivity index (χ2v) is 6.26. The second-order valence-electron chi connectivity index (χ2n) is 6.26. The average molecular weight is 390 g/mol. The van der Waals surface area contributed by atoms with Crippen molar-refractivity contribution in [2.45, 2.75) is 18.4 Å². The van der Waals surface area contributed by atoms with Gasteiger partial charge in [-0.3, -0.25) is 14.3 Å². The largest absolute Gasteiger partial charge is 0.349 e. The fourth-order valence-electron chi connectivity index (χ4n) is 3.14. The molecule has 27 heavy (non-hydrogen) atoms. The van der Waals surface area contributed by atoms with Crippen LogP contribution in [-0.2, 0) is 10.3 Å². The summed E-state index contributed by atoms with van der Waals surface area (Å²) in [6.45, 7) is 5.50. The Morgan fingerprint density at radius 2 is 1.96 bits per heavy atom. The molecule has 1 saturated heterocycles. The minimum atomic E-state index is -0.700. The number of aromatic nitrogens is 2. The molecule has 0 unspecified atom stereocenters. The first-order valence-electron chi connectivity index (χ1n) is 8.67. The van der Waals surface area contributed by atoms with Crippen LogP contribution in [-0.4, -0.2) is 41.2 Å². The third kappa shape index (κ3) is 4.56. The van der Waals surface area contributed by atoms with Gasteiger partial charge >= 0.3 is 0 Å². The summed E-state index contributed by atoms with van der Waals surface area (Å²) in [5.41, 5.74) is 0.489. The minimum absolute atomic E-state index is 0. The molecule has 7 nitrogen and oxygen atoms in total. The lowest BCUT2D eigenvalue weighted by Gasteiger charge is -2.36. The van der Waals surface area contributed by atoms with Crippen LogP contribution in [0.4, 0.5) is 5.69 Å². The number of amides is 2. The van der Waals surface area contributed by atoms with E-state index in [1.807, 2.05) is 12.3 Å². The maximum Gasteiger partial charge on any atom is 0.252 e. The number of carbonyl (C=O) groups excluding carboxylic acids is 2. The summed E-state index contributed by atoms with van der Waals surface area (Å²) in [4.78, 5) is 25.0. The third-order valence-electron chi connectivity index (χ3n) is 4.61. The molecule has 1 aromatic carbocycles. The monoisotopic (exact) mass is 389 g/mol. The highest BCUT2D eigenvalue weighted by Crippen LogP contribution is 2.28. The molecule has 1 aliphatic heterocycles. The predicted molar refractivity (Wildman–Crippen MR) is 107 cm³/mol. The summed E-state index contributed by atoms with van der Waals surface area (Å²) >= 11 is 0. The number of hydrogen-bond donors (Lipinski definition) is 3. The highest BCUT2D eigenvalue weighted by atomic mass is 35.5. The Hall–Kier alpha value is -2.64. The van der Waals surface area contributed by atoms with Gasteiger partial charge in [-0.2, -0.15) is 5.10 Å². The zero-order chi connectivity index (χ0) is 18.4. The van der Waals surface area contributed by atoms with Crippen molar-refractivity contribution in [2.24, 2.45) is 0 Å². The lowest BCUT2D eigenvalue weighted by atomic mass is 9.87. The van der Waals surface area contributed by atoms with E-state index < -0.39 is 5.54 Å². The maximum absolute atomic E-state index is 13.1. The van der Waals surface area contributed by atoms with Gasteiger partial charge in [0.1, 0.15) is 5.54 Å². The Kier molecular flexibility index (Phi) is 7.15. The first kappa shape index (κ1) is 20.7. The summed E-state index contributed by atoms with van der Waals surface area (Å²) < 4.78 is 1.75. The first-order valence-corrected chi connectivity index (χ1v) is 8.67. The van der Waals surface area contributed by atoms with Crippen molar-refractivity contribution in [1.82, 2.24) is 20.4 Å². The van der Waals surface area contributed by atoms with Crippen LogP contribution >= 0.6 is 12.4 Å². The number of nitrogens with zero attached hydrogens (tertiary/aromatic N) is 2. The molecule has 1 aromatic heterocycles. The summed E-state index contributed by atoms with van der Waals surface area (Å²) in [7, 11) is 0. The molecular formula is C19H24ClN5O2. The molecule has 0 radical (unpaired) electrons. The van der Waals surface area contributed by atoms with E-state index in [1.165, 1.54) is 0 Å². The van der Waals surface area contributed by atoms with Gasteiger partial charge < -0.3 is 16.0 Å². The molecule has 0 aliphatic carbocycles. The molecule has 1 fully saturated rings. The number of benzene rings is 1. The highest BCUT2D eigenvalue weighted by molar-refractivity contribution is 5.98. The van der Waals surface area contributed by atoms with Crippen LogP contribution in [0.25, 0.3) is 0 Å². The zero-order valence-electron chi connectivity index (χ0n) is 15.0. The first-order chi connectivity index (χ1) is 12.7. The van der Waals surface area contributed by atoms with Crippen LogP contribution in [0, 0.1) is 0 Å². The minimum Gasteiger partial charge on any atom is -0.349 e. The van der Waals surface area contributed by atoms with E-state index in [4.69, 9.17) is 0 Å². The smallest absolute Gasteiger partial charge is 0.252 e. The van der Waals surface area contributed by atoms with Gasteiger partial charge in [0.15, 0.2) is 0 Å². The molecule has 1 aliphatic rings. The molecule has 2 aromatic rings. The lowest BCUT2D eigenvalue weighted by Crippen LogP contribution is -2.52. The molecule has 144 valence electrons. The van der Waals surface area contributed by atoms with Crippen molar-refractivity contribution < 1.29 is 9.59 Å². The van der Waals surface area contributed by atoms with Crippen LogP contribution in [0.5, 0.6) is 0 Å². The molecule has 0 saturated carbocycles. The maximum atomic E-state index is 13.1. The van der Waals surface area contributed by atoms with Gasteiger partial charge in [0.25, 0.3) is 11.8 Å². The Labute approximate surface area is 164 Å². The van der Waals surface area contributed by atoms with Crippen molar-refractivity contribution in [1.29, 1.82) is 0 Å². The molecule has 0 bridgehead atoms. The number of halogens is 1. The van der Waals surface area contributed by atoms with Crippen molar-refractivity contribution >= 4 is 29.9 Å². The van der Waals surface area contributed by atoms with Crippen molar-refractivity contribution in [2.75, 3.05) is 25.0 Å². The molecule has 3 rings (SSSR count). The number of nitrogens with one attached hydrogen (secondary N) is 3. The fraction of sp³-hybridized carbons (Fsp3) is 0.316. The van der Waals surface area contributed by atoms with Crippen LogP contribution < -0.4 is 16.0 Å². The van der Waals surface area contributed by atoms with E-state index in [2.05, 4.69) is 27.6 Å². The molecule has 0 spiro atoms. The van der Waals surface area contributed by atoms with Gasteiger partial charge in [0.05, 0.1) is 0 Å². The van der Waals surface area contributed by atoms with E-state index in [-0.39, 0.29) is 24.2 Å². The van der Waals surface area contributed by atoms with Gasteiger partial charge in [-0.15, -0.1) is 19.0 Å². The predicted octanol–water partition coefficient (Wildman–Crippen LogP) is 1.94. The molecule has 0 atom stereocenters. The molecule has 3 N–H and O–H groups in total. The van der Waals surface area contributed by atoms with Gasteiger partial charge in [0.2, 0.25) is 0 Å². The summed E-state index contributed by atoms with van der Waals surface area (Å²) in [5, 5.41) is 13.3. The van der Waals surface area contributed by atoms with Gasteiger partial charge in [-0.1, -0.05) is 6.08 Å². The fourth-order valence-corrected chi connectivity index (χ4v) is 3.14. The SMILES string of the molecule is C=CCNC(=O)c1ccc(NC(=O)C2(n3cccn3)CCNCC2)cc1.Cl. The van der Waals surface area contributed by atoms with E-state index in [0.29, 0.717) is 30.6 Å².